The molecule has 0 amide bonds. The monoisotopic (exact) mass is 366 g/mol. The first-order valence-corrected chi connectivity index (χ1v) is 8.27. The number of para-hydroxylation sites is 2. The summed E-state index contributed by atoms with van der Waals surface area (Å²) in [6.07, 6.45) is 1.74. The van der Waals surface area contributed by atoms with Crippen LogP contribution in [0.1, 0.15) is 12.2 Å². The van der Waals surface area contributed by atoms with E-state index in [2.05, 4.69) is 15.2 Å². The Morgan fingerprint density at radius 3 is 2.44 bits per heavy atom. The highest BCUT2D eigenvalue weighted by atomic mass is 16.5. The average molecular weight is 366 g/mol. The van der Waals surface area contributed by atoms with Crippen LogP contribution in [0.3, 0.4) is 0 Å². The molecule has 138 valence electrons. The van der Waals surface area contributed by atoms with Gasteiger partial charge < -0.3 is 14.5 Å². The fraction of sp³-hybridized carbons (Fsp3) is 0.278. The molecule has 0 fully saturated rings. The topological polar surface area (TPSA) is 115 Å². The van der Waals surface area contributed by atoms with Gasteiger partial charge in [-0.3, -0.25) is 14.7 Å². The first-order valence-electron chi connectivity index (χ1n) is 8.27. The molecular weight excluding hydrogens is 348 g/mol. The normalized spacial score (nSPS) is 12.6. The SMILES string of the molecule is CN1C(=C(C#N)C(=O)COC(=O)CCc2ncn[nH]2)N(C)c2ccccc21. The minimum absolute atomic E-state index is 0.0563. The van der Waals surface area contributed by atoms with Crippen LogP contribution in [0.4, 0.5) is 11.4 Å². The number of nitrogens with one attached hydrogen (secondary N) is 1. The Balaban J connectivity index is 1.67. The van der Waals surface area contributed by atoms with Gasteiger partial charge in [0.05, 0.1) is 17.8 Å². The number of ether oxygens (including phenoxy) is 1. The summed E-state index contributed by atoms with van der Waals surface area (Å²) in [6, 6.07) is 9.53. The molecule has 1 N–H and O–H groups in total. The number of nitrogens with zero attached hydrogens (tertiary/aromatic N) is 5. The van der Waals surface area contributed by atoms with Gasteiger partial charge in [-0.2, -0.15) is 10.4 Å². The van der Waals surface area contributed by atoms with E-state index in [1.54, 1.807) is 23.9 Å². The number of benzene rings is 1. The first-order chi connectivity index (χ1) is 13.0. The predicted octanol–water partition coefficient (Wildman–Crippen LogP) is 1.17. The van der Waals surface area contributed by atoms with Crippen molar-refractivity contribution < 1.29 is 14.3 Å². The molecule has 3 rings (SSSR count). The number of ketones is 1. The lowest BCUT2D eigenvalue weighted by Crippen LogP contribution is -2.27. The van der Waals surface area contributed by atoms with Crippen LogP contribution in [0.5, 0.6) is 0 Å². The molecule has 9 nitrogen and oxygen atoms in total. The summed E-state index contributed by atoms with van der Waals surface area (Å²) in [4.78, 5) is 31.8. The number of Topliss-reactive ketones (excluding diaryl/α,β-unsaturated/α-hetero) is 1. The second kappa shape index (κ2) is 7.70. The van der Waals surface area contributed by atoms with E-state index in [4.69, 9.17) is 4.74 Å². The Morgan fingerprint density at radius 2 is 1.89 bits per heavy atom. The van der Waals surface area contributed by atoms with Crippen molar-refractivity contribution in [3.8, 4) is 6.07 Å². The quantitative estimate of drug-likeness (QED) is 0.460. The summed E-state index contributed by atoms with van der Waals surface area (Å²) in [7, 11) is 3.57. The van der Waals surface area contributed by atoms with Crippen molar-refractivity contribution in [1.29, 1.82) is 5.26 Å². The van der Waals surface area contributed by atoms with Gasteiger partial charge in [0.1, 0.15) is 29.6 Å². The van der Waals surface area contributed by atoms with Gasteiger partial charge in [-0.05, 0) is 12.1 Å². The predicted molar refractivity (Wildman–Crippen MR) is 96.6 cm³/mol. The van der Waals surface area contributed by atoms with Gasteiger partial charge in [0.15, 0.2) is 6.61 Å². The Bertz CT molecular complexity index is 898. The molecule has 0 saturated carbocycles. The van der Waals surface area contributed by atoms with Crippen molar-refractivity contribution in [2.45, 2.75) is 12.8 Å². The van der Waals surface area contributed by atoms with E-state index in [1.807, 2.05) is 30.3 Å². The van der Waals surface area contributed by atoms with Crippen molar-refractivity contribution in [2.75, 3.05) is 30.5 Å². The van der Waals surface area contributed by atoms with Crippen LogP contribution in [0.25, 0.3) is 0 Å². The zero-order valence-electron chi connectivity index (χ0n) is 15.0. The summed E-state index contributed by atoms with van der Waals surface area (Å²) in [5.74, 6) is -0.0723. The Labute approximate surface area is 155 Å². The maximum Gasteiger partial charge on any atom is 0.306 e. The molecule has 0 bridgehead atoms. The number of hydrogen-bond acceptors (Lipinski definition) is 8. The molecule has 0 atom stereocenters. The van der Waals surface area contributed by atoms with E-state index in [0.29, 0.717) is 18.1 Å². The van der Waals surface area contributed by atoms with Gasteiger partial charge in [0, 0.05) is 20.5 Å². The molecular formula is C18H18N6O3. The van der Waals surface area contributed by atoms with Crippen LogP contribution >= 0.6 is 0 Å². The molecule has 1 aromatic carbocycles. The van der Waals surface area contributed by atoms with Crippen LogP contribution in [-0.2, 0) is 20.7 Å². The molecule has 2 aromatic rings. The fourth-order valence-corrected chi connectivity index (χ4v) is 2.92. The second-order valence-corrected chi connectivity index (χ2v) is 5.93. The van der Waals surface area contributed by atoms with Crippen LogP contribution in [0, 0.1) is 11.3 Å². The van der Waals surface area contributed by atoms with Crippen molar-refractivity contribution in [3.63, 3.8) is 0 Å². The number of carbonyl (C=O) groups excluding carboxylic acids is 2. The number of aromatic amines is 1. The van der Waals surface area contributed by atoms with Gasteiger partial charge in [0.25, 0.3) is 0 Å². The highest BCUT2D eigenvalue weighted by molar-refractivity contribution is 6.03. The summed E-state index contributed by atoms with van der Waals surface area (Å²) < 4.78 is 5.02. The number of carbonyl (C=O) groups is 2. The molecule has 1 aliphatic heterocycles. The Hall–Kier alpha value is -3.67. The third-order valence-electron chi connectivity index (χ3n) is 4.25. The molecule has 1 aromatic heterocycles. The van der Waals surface area contributed by atoms with Gasteiger partial charge in [0.2, 0.25) is 5.78 Å². The van der Waals surface area contributed by atoms with Crippen LogP contribution in [0.15, 0.2) is 42.0 Å². The van der Waals surface area contributed by atoms with E-state index in [0.717, 1.165) is 11.4 Å². The number of hydrogen-bond donors (Lipinski definition) is 1. The lowest BCUT2D eigenvalue weighted by Gasteiger charge is -2.19. The zero-order chi connectivity index (χ0) is 19.4. The largest absolute Gasteiger partial charge is 0.457 e. The van der Waals surface area contributed by atoms with Crippen molar-refractivity contribution in [1.82, 2.24) is 15.2 Å². The number of anilines is 2. The lowest BCUT2D eigenvalue weighted by atomic mass is 10.2. The van der Waals surface area contributed by atoms with E-state index < -0.39 is 18.4 Å². The maximum atomic E-state index is 12.5. The molecule has 0 radical (unpaired) electrons. The number of esters is 1. The van der Waals surface area contributed by atoms with E-state index in [1.165, 1.54) is 6.33 Å². The van der Waals surface area contributed by atoms with Gasteiger partial charge in [-0.1, -0.05) is 12.1 Å². The number of aryl methyl sites for hydroxylation is 1. The van der Waals surface area contributed by atoms with Crippen LogP contribution in [0.2, 0.25) is 0 Å². The van der Waals surface area contributed by atoms with Gasteiger partial charge >= 0.3 is 5.97 Å². The van der Waals surface area contributed by atoms with Crippen molar-refractivity contribution in [3.05, 3.63) is 47.8 Å². The minimum atomic E-state index is -0.549. The molecule has 0 aliphatic carbocycles. The molecule has 1 aliphatic rings. The molecule has 0 spiro atoms. The first kappa shape index (κ1) is 18.1. The summed E-state index contributed by atoms with van der Waals surface area (Å²) >= 11 is 0. The molecule has 9 heteroatoms. The number of H-pyrrole nitrogens is 1. The van der Waals surface area contributed by atoms with Crippen molar-refractivity contribution >= 4 is 23.1 Å². The third-order valence-corrected chi connectivity index (χ3v) is 4.25. The smallest absolute Gasteiger partial charge is 0.306 e. The Kier molecular flexibility index (Phi) is 5.17. The standard InChI is InChI=1S/C18H18N6O3/c1-23-13-5-3-4-6-14(13)24(2)18(23)12(9-19)15(25)10-27-17(26)8-7-16-20-11-21-22-16/h3-6,11H,7-8,10H2,1-2H3,(H,20,21,22). The van der Waals surface area contributed by atoms with Gasteiger partial charge in [-0.25, -0.2) is 4.98 Å². The highest BCUT2D eigenvalue weighted by Gasteiger charge is 2.31. The summed E-state index contributed by atoms with van der Waals surface area (Å²) in [5, 5.41) is 15.9. The molecule has 0 unspecified atom stereocenters. The maximum absolute atomic E-state index is 12.5. The number of fused-ring (bicyclic) bond motifs is 1. The minimum Gasteiger partial charge on any atom is -0.457 e. The fourth-order valence-electron chi connectivity index (χ4n) is 2.92. The lowest BCUT2D eigenvalue weighted by molar-refractivity contribution is -0.147. The van der Waals surface area contributed by atoms with E-state index in [9.17, 15) is 14.9 Å². The van der Waals surface area contributed by atoms with E-state index in [-0.39, 0.29) is 12.0 Å². The average Bonchev–Trinajstić information content (AvgIpc) is 3.28. The summed E-state index contributed by atoms with van der Waals surface area (Å²) in [5.41, 5.74) is 1.72. The van der Waals surface area contributed by atoms with Crippen LogP contribution in [-0.4, -0.2) is 47.6 Å². The summed E-state index contributed by atoms with van der Waals surface area (Å²) in [6.45, 7) is -0.486. The number of rotatable bonds is 6. The zero-order valence-corrected chi connectivity index (χ0v) is 15.0. The third kappa shape index (κ3) is 3.64. The van der Waals surface area contributed by atoms with Crippen LogP contribution < -0.4 is 9.80 Å². The Morgan fingerprint density at radius 1 is 1.22 bits per heavy atom. The molecule has 2 heterocycles. The molecule has 27 heavy (non-hydrogen) atoms. The van der Waals surface area contributed by atoms with E-state index >= 15 is 0 Å². The highest BCUT2D eigenvalue weighted by Crippen LogP contribution is 2.40. The molecule has 0 saturated heterocycles. The number of aromatic nitrogens is 3. The van der Waals surface area contributed by atoms with Gasteiger partial charge in [-0.15, -0.1) is 0 Å². The second-order valence-electron chi connectivity index (χ2n) is 5.93. The van der Waals surface area contributed by atoms with Crippen molar-refractivity contribution in [2.24, 2.45) is 0 Å². The number of nitriles is 1.